The lowest BCUT2D eigenvalue weighted by atomic mass is 10.3. The Hall–Kier alpha value is -0.820. The third kappa shape index (κ3) is 3.39. The van der Waals surface area contributed by atoms with E-state index in [-0.39, 0.29) is 9.92 Å². The molecule has 2 aromatic rings. The molecule has 1 aromatic carbocycles. The topological polar surface area (TPSA) is 59.1 Å². The van der Waals surface area contributed by atoms with Gasteiger partial charge in [-0.25, -0.2) is 8.42 Å². The summed E-state index contributed by atoms with van der Waals surface area (Å²) in [7, 11) is -3.80. The van der Waals surface area contributed by atoms with Crippen LogP contribution in [0, 0.1) is 0 Å². The van der Waals surface area contributed by atoms with Crippen molar-refractivity contribution in [3.8, 4) is 0 Å². The standard InChI is InChI=1S/C11H7BrCl2N2O2S/c12-8-5-7(13)1-2-10(8)16-19(17,18)11-6-15-4-3-9(11)14/h1-6,16H. The van der Waals surface area contributed by atoms with Crippen LogP contribution in [0.15, 0.2) is 46.0 Å². The maximum atomic E-state index is 12.2. The average Bonchev–Trinajstić information content (AvgIpc) is 2.33. The van der Waals surface area contributed by atoms with Gasteiger partial charge in [-0.3, -0.25) is 9.71 Å². The molecule has 0 bridgehead atoms. The van der Waals surface area contributed by atoms with Crippen molar-refractivity contribution >= 4 is 54.8 Å². The second kappa shape index (κ2) is 5.66. The van der Waals surface area contributed by atoms with E-state index in [9.17, 15) is 8.42 Å². The first-order valence-electron chi connectivity index (χ1n) is 4.97. The van der Waals surface area contributed by atoms with Gasteiger partial charge in [-0.15, -0.1) is 0 Å². The molecule has 0 saturated heterocycles. The molecule has 0 radical (unpaired) electrons. The van der Waals surface area contributed by atoms with E-state index in [0.717, 1.165) is 0 Å². The normalized spacial score (nSPS) is 11.3. The summed E-state index contributed by atoms with van der Waals surface area (Å²) in [6.45, 7) is 0. The number of benzene rings is 1. The molecule has 0 aliphatic heterocycles. The molecule has 0 fully saturated rings. The number of sulfonamides is 1. The van der Waals surface area contributed by atoms with Gasteiger partial charge in [-0.05, 0) is 40.2 Å². The van der Waals surface area contributed by atoms with E-state index < -0.39 is 10.0 Å². The van der Waals surface area contributed by atoms with Crippen LogP contribution in [0.3, 0.4) is 0 Å². The second-order valence-electron chi connectivity index (χ2n) is 3.54. The van der Waals surface area contributed by atoms with Crippen LogP contribution in [0.25, 0.3) is 0 Å². The molecule has 0 spiro atoms. The van der Waals surface area contributed by atoms with Crippen molar-refractivity contribution < 1.29 is 8.42 Å². The first-order chi connectivity index (χ1) is 8.90. The van der Waals surface area contributed by atoms with Gasteiger partial charge in [-0.1, -0.05) is 23.2 Å². The molecule has 0 unspecified atom stereocenters. The lowest BCUT2D eigenvalue weighted by Crippen LogP contribution is -2.14. The summed E-state index contributed by atoms with van der Waals surface area (Å²) in [5, 5.41) is 0.599. The fraction of sp³-hybridized carbons (Fsp3) is 0. The zero-order valence-electron chi connectivity index (χ0n) is 9.27. The highest BCUT2D eigenvalue weighted by Gasteiger charge is 2.19. The van der Waals surface area contributed by atoms with Crippen LogP contribution < -0.4 is 4.72 Å². The molecule has 4 nitrogen and oxygen atoms in total. The van der Waals surface area contributed by atoms with Crippen molar-refractivity contribution in [2.75, 3.05) is 4.72 Å². The fourth-order valence-electron chi connectivity index (χ4n) is 1.33. The molecule has 8 heteroatoms. The number of anilines is 1. The van der Waals surface area contributed by atoms with Crippen molar-refractivity contribution in [2.45, 2.75) is 4.90 Å². The zero-order valence-corrected chi connectivity index (χ0v) is 13.2. The third-order valence-electron chi connectivity index (χ3n) is 2.20. The van der Waals surface area contributed by atoms with Gasteiger partial charge in [0.05, 0.1) is 10.7 Å². The SMILES string of the molecule is O=S(=O)(Nc1ccc(Cl)cc1Br)c1cnccc1Cl. The minimum atomic E-state index is -3.80. The molecule has 2 rings (SSSR count). The van der Waals surface area contributed by atoms with Crippen molar-refractivity contribution in [3.05, 3.63) is 51.2 Å². The maximum Gasteiger partial charge on any atom is 0.264 e. The van der Waals surface area contributed by atoms with Gasteiger partial charge in [0.2, 0.25) is 0 Å². The maximum absolute atomic E-state index is 12.2. The number of pyridine rings is 1. The molecule has 100 valence electrons. The van der Waals surface area contributed by atoms with E-state index in [1.165, 1.54) is 18.5 Å². The predicted molar refractivity (Wildman–Crippen MR) is 79.2 cm³/mol. The quantitative estimate of drug-likeness (QED) is 0.875. The van der Waals surface area contributed by atoms with Crippen LogP contribution in [0.1, 0.15) is 0 Å². The van der Waals surface area contributed by atoms with Gasteiger partial charge in [0.25, 0.3) is 10.0 Å². The molecule has 0 saturated carbocycles. The summed E-state index contributed by atoms with van der Waals surface area (Å²) >= 11 is 14.9. The average molecular weight is 382 g/mol. The Balaban J connectivity index is 2.40. The number of rotatable bonds is 3. The Bertz CT molecular complexity index is 722. The Morgan fingerprint density at radius 1 is 1.21 bits per heavy atom. The van der Waals surface area contributed by atoms with Crippen LogP contribution in [0.4, 0.5) is 5.69 Å². The Labute approximate surface area is 128 Å². The lowest BCUT2D eigenvalue weighted by molar-refractivity contribution is 0.601. The van der Waals surface area contributed by atoms with Crippen LogP contribution in [0.2, 0.25) is 10.0 Å². The Morgan fingerprint density at radius 2 is 1.95 bits per heavy atom. The Kier molecular flexibility index (Phi) is 4.35. The molecule has 1 N–H and O–H groups in total. The number of nitrogens with one attached hydrogen (secondary N) is 1. The highest BCUT2D eigenvalue weighted by atomic mass is 79.9. The zero-order chi connectivity index (χ0) is 14.0. The number of hydrogen-bond acceptors (Lipinski definition) is 3. The number of halogens is 3. The van der Waals surface area contributed by atoms with E-state index in [1.54, 1.807) is 18.2 Å². The number of aromatic nitrogens is 1. The molecular formula is C11H7BrCl2N2O2S. The first-order valence-corrected chi connectivity index (χ1v) is 8.01. The van der Waals surface area contributed by atoms with Crippen LogP contribution in [-0.4, -0.2) is 13.4 Å². The number of nitrogens with zero attached hydrogens (tertiary/aromatic N) is 1. The van der Waals surface area contributed by atoms with Gasteiger partial charge in [0, 0.05) is 21.9 Å². The molecule has 0 aliphatic rings. The highest BCUT2D eigenvalue weighted by molar-refractivity contribution is 9.10. The van der Waals surface area contributed by atoms with Crippen molar-refractivity contribution in [3.63, 3.8) is 0 Å². The number of hydrogen-bond donors (Lipinski definition) is 1. The summed E-state index contributed by atoms with van der Waals surface area (Å²) in [6, 6.07) is 6.13. The molecule has 0 amide bonds. The molecule has 1 aromatic heterocycles. The summed E-state index contributed by atoms with van der Waals surface area (Å²) in [5.74, 6) is 0. The second-order valence-corrected chi connectivity index (χ2v) is 6.88. The van der Waals surface area contributed by atoms with Gasteiger partial charge in [0.15, 0.2) is 0 Å². The summed E-state index contributed by atoms with van der Waals surface area (Å²) < 4.78 is 27.3. The van der Waals surface area contributed by atoms with Gasteiger partial charge in [-0.2, -0.15) is 0 Å². The highest BCUT2D eigenvalue weighted by Crippen LogP contribution is 2.29. The van der Waals surface area contributed by atoms with Crippen molar-refractivity contribution in [1.29, 1.82) is 0 Å². The van der Waals surface area contributed by atoms with Crippen LogP contribution >= 0.6 is 39.1 Å². The van der Waals surface area contributed by atoms with E-state index in [4.69, 9.17) is 23.2 Å². The summed E-state index contributed by atoms with van der Waals surface area (Å²) in [5.41, 5.74) is 0.365. The first kappa shape index (κ1) is 14.6. The van der Waals surface area contributed by atoms with Crippen molar-refractivity contribution in [1.82, 2.24) is 4.98 Å². The predicted octanol–water partition coefficient (Wildman–Crippen LogP) is 3.95. The molecule has 0 atom stereocenters. The van der Waals surface area contributed by atoms with E-state index in [2.05, 4.69) is 25.6 Å². The minimum Gasteiger partial charge on any atom is -0.278 e. The lowest BCUT2D eigenvalue weighted by Gasteiger charge is -2.10. The summed E-state index contributed by atoms with van der Waals surface area (Å²) in [4.78, 5) is 3.67. The van der Waals surface area contributed by atoms with Gasteiger partial charge >= 0.3 is 0 Å². The fourth-order valence-corrected chi connectivity index (χ4v) is 3.76. The van der Waals surface area contributed by atoms with Crippen LogP contribution in [-0.2, 0) is 10.0 Å². The molecular weight excluding hydrogens is 375 g/mol. The Morgan fingerprint density at radius 3 is 2.58 bits per heavy atom. The van der Waals surface area contributed by atoms with Crippen LogP contribution in [0.5, 0.6) is 0 Å². The van der Waals surface area contributed by atoms with Crippen molar-refractivity contribution in [2.24, 2.45) is 0 Å². The van der Waals surface area contributed by atoms with E-state index >= 15 is 0 Å². The summed E-state index contributed by atoms with van der Waals surface area (Å²) in [6.07, 6.45) is 2.61. The monoisotopic (exact) mass is 380 g/mol. The minimum absolute atomic E-state index is 0.0847. The molecule has 0 aliphatic carbocycles. The smallest absolute Gasteiger partial charge is 0.264 e. The van der Waals surface area contributed by atoms with E-state index in [0.29, 0.717) is 15.2 Å². The van der Waals surface area contributed by atoms with Gasteiger partial charge in [0.1, 0.15) is 4.90 Å². The largest absolute Gasteiger partial charge is 0.278 e. The third-order valence-corrected chi connectivity index (χ3v) is 4.92. The van der Waals surface area contributed by atoms with E-state index in [1.807, 2.05) is 0 Å². The molecule has 19 heavy (non-hydrogen) atoms. The molecule has 1 heterocycles. The van der Waals surface area contributed by atoms with Gasteiger partial charge < -0.3 is 0 Å².